The number of esters is 1. The van der Waals surface area contributed by atoms with Crippen LogP contribution in [0.3, 0.4) is 0 Å². The molecule has 0 bridgehead atoms. The largest absolute Gasteiger partial charge is 0.454 e. The molecule has 0 saturated carbocycles. The number of rotatable bonds is 16. The summed E-state index contributed by atoms with van der Waals surface area (Å²) in [5.74, 6) is -0.422. The van der Waals surface area contributed by atoms with Crippen LogP contribution in [0.1, 0.15) is 106 Å². The number of benzene rings is 2. The van der Waals surface area contributed by atoms with Crippen molar-refractivity contribution in [1.82, 2.24) is 4.90 Å². The van der Waals surface area contributed by atoms with Gasteiger partial charge < -0.3 is 9.64 Å². The topological polar surface area (TPSA) is 46.6 Å². The van der Waals surface area contributed by atoms with Gasteiger partial charge in [-0.2, -0.15) is 0 Å². The molecule has 4 nitrogen and oxygen atoms in total. The molecule has 1 fully saturated rings. The number of hydrogen-bond acceptors (Lipinski definition) is 4. The van der Waals surface area contributed by atoms with E-state index in [1.165, 1.54) is 50.7 Å². The van der Waals surface area contributed by atoms with Gasteiger partial charge in [0.2, 0.25) is 0 Å². The van der Waals surface area contributed by atoms with Crippen molar-refractivity contribution in [3.63, 3.8) is 0 Å². The average molecular weight is 581 g/mol. The summed E-state index contributed by atoms with van der Waals surface area (Å²) in [6.45, 7) is 4.61. The van der Waals surface area contributed by atoms with E-state index in [-0.39, 0.29) is 30.0 Å². The quantitative estimate of drug-likeness (QED) is 0.113. The molecule has 2 aromatic rings. The Bertz CT molecular complexity index is 989. The van der Waals surface area contributed by atoms with Gasteiger partial charge >= 0.3 is 5.97 Å². The van der Waals surface area contributed by atoms with E-state index in [4.69, 9.17) is 16.3 Å². The predicted octanol–water partition coefficient (Wildman–Crippen LogP) is 8.93. The Hall–Kier alpha value is -1.95. The number of piperidine rings is 1. The van der Waals surface area contributed by atoms with Gasteiger partial charge in [-0.25, -0.2) is 4.39 Å². The van der Waals surface area contributed by atoms with Crippen molar-refractivity contribution in [2.75, 3.05) is 19.6 Å². The van der Waals surface area contributed by atoms with Gasteiger partial charge in [-0.3, -0.25) is 9.59 Å². The summed E-state index contributed by atoms with van der Waals surface area (Å²) >= 11 is 6.14. The van der Waals surface area contributed by atoms with Crippen molar-refractivity contribution in [1.29, 1.82) is 0 Å². The highest BCUT2D eigenvalue weighted by Crippen LogP contribution is 2.38. The molecule has 0 atom stereocenters. The summed E-state index contributed by atoms with van der Waals surface area (Å²) in [5.41, 5.74) is 0.912. The third-order valence-electron chi connectivity index (χ3n) is 7.62. The van der Waals surface area contributed by atoms with E-state index in [2.05, 4.69) is 11.8 Å². The zero-order valence-corrected chi connectivity index (χ0v) is 24.8. The molecule has 1 aliphatic heterocycles. The highest BCUT2D eigenvalue weighted by molar-refractivity contribution is 6.30. The second-order valence-electron chi connectivity index (χ2n) is 10.6. The molecule has 1 heterocycles. The molecule has 1 aliphatic rings. The van der Waals surface area contributed by atoms with Gasteiger partial charge in [0.15, 0.2) is 5.78 Å². The van der Waals surface area contributed by atoms with Gasteiger partial charge in [0.1, 0.15) is 11.4 Å². The van der Waals surface area contributed by atoms with E-state index >= 15 is 0 Å². The fourth-order valence-corrected chi connectivity index (χ4v) is 5.38. The lowest BCUT2D eigenvalue weighted by Gasteiger charge is -2.41. The third-order valence-corrected chi connectivity index (χ3v) is 7.87. The number of Topliss-reactive ketones (excluding diaryl/α,β-unsaturated/α-hetero) is 1. The maximum absolute atomic E-state index is 13.1. The summed E-state index contributed by atoms with van der Waals surface area (Å²) in [4.78, 5) is 27.6. The number of ketones is 1. The van der Waals surface area contributed by atoms with Crippen LogP contribution in [0.5, 0.6) is 0 Å². The van der Waals surface area contributed by atoms with Gasteiger partial charge in [-0.15, -0.1) is 12.4 Å². The monoisotopic (exact) mass is 579 g/mol. The van der Waals surface area contributed by atoms with E-state index < -0.39 is 5.60 Å². The fourth-order valence-electron chi connectivity index (χ4n) is 5.26. The van der Waals surface area contributed by atoms with Crippen LogP contribution in [0.2, 0.25) is 5.02 Å². The van der Waals surface area contributed by atoms with Crippen LogP contribution in [0.25, 0.3) is 0 Å². The standard InChI is InChI=1S/C32H43ClFNO3.ClH/c1-2-3-4-5-6-7-8-9-12-31(37)38-32(27-15-17-28(33)18-16-27)21-24-35(25-22-32)23-10-11-30(36)26-13-19-29(34)20-14-26;/h13-20H,2-12,21-25H2,1H3;1H. The van der Waals surface area contributed by atoms with E-state index in [1.807, 2.05) is 24.3 Å². The van der Waals surface area contributed by atoms with E-state index in [0.29, 0.717) is 36.3 Å². The van der Waals surface area contributed by atoms with E-state index in [0.717, 1.165) is 44.5 Å². The Morgan fingerprint density at radius 3 is 2.05 bits per heavy atom. The van der Waals surface area contributed by atoms with E-state index in [9.17, 15) is 14.0 Å². The number of halogens is 3. The zero-order chi connectivity index (χ0) is 27.2. The molecule has 0 unspecified atom stereocenters. The first kappa shape index (κ1) is 33.3. The number of unbranched alkanes of at least 4 members (excludes halogenated alkanes) is 7. The molecule has 0 radical (unpaired) electrons. The number of nitrogens with zero attached hydrogens (tertiary/aromatic N) is 1. The summed E-state index contributed by atoms with van der Waals surface area (Å²) in [6, 6.07) is 13.4. The third kappa shape index (κ3) is 11.2. The fraction of sp³-hybridized carbons (Fsp3) is 0.562. The second-order valence-corrected chi connectivity index (χ2v) is 11.0. The summed E-state index contributed by atoms with van der Waals surface area (Å²) < 4.78 is 19.3. The highest BCUT2D eigenvalue weighted by atomic mass is 35.5. The van der Waals surface area contributed by atoms with Crippen molar-refractivity contribution in [3.8, 4) is 0 Å². The Morgan fingerprint density at radius 2 is 1.44 bits per heavy atom. The molecule has 0 amide bonds. The van der Waals surface area contributed by atoms with Crippen molar-refractivity contribution in [2.24, 2.45) is 0 Å². The van der Waals surface area contributed by atoms with Crippen molar-refractivity contribution >= 4 is 35.8 Å². The molecule has 216 valence electrons. The molecule has 7 heteroatoms. The first-order valence-electron chi connectivity index (χ1n) is 14.4. The van der Waals surface area contributed by atoms with Gasteiger partial charge in [0.05, 0.1) is 0 Å². The first-order chi connectivity index (χ1) is 18.4. The van der Waals surface area contributed by atoms with Crippen LogP contribution < -0.4 is 0 Å². The summed E-state index contributed by atoms with van der Waals surface area (Å²) in [5, 5.41) is 0.664. The minimum Gasteiger partial charge on any atom is -0.454 e. The average Bonchev–Trinajstić information content (AvgIpc) is 2.92. The smallest absolute Gasteiger partial charge is 0.306 e. The van der Waals surface area contributed by atoms with Gasteiger partial charge in [-0.05, 0) is 61.3 Å². The Balaban J connectivity index is 0.00000533. The highest BCUT2D eigenvalue weighted by Gasteiger charge is 2.39. The van der Waals surface area contributed by atoms with Gasteiger partial charge in [-0.1, -0.05) is 75.6 Å². The summed E-state index contributed by atoms with van der Waals surface area (Å²) in [6.07, 6.45) is 12.6. The van der Waals surface area contributed by atoms with Crippen molar-refractivity contribution < 1.29 is 18.7 Å². The molecule has 0 aliphatic carbocycles. The van der Waals surface area contributed by atoms with Crippen LogP contribution in [0, 0.1) is 5.82 Å². The Labute approximate surface area is 245 Å². The number of carbonyl (C=O) groups is 2. The molecule has 2 aromatic carbocycles. The molecule has 3 rings (SSSR count). The predicted molar refractivity (Wildman–Crippen MR) is 159 cm³/mol. The molecule has 39 heavy (non-hydrogen) atoms. The lowest BCUT2D eigenvalue weighted by atomic mass is 9.84. The number of ether oxygens (including phenoxy) is 1. The number of hydrogen-bond donors (Lipinski definition) is 0. The van der Waals surface area contributed by atoms with E-state index in [1.54, 1.807) is 12.1 Å². The van der Waals surface area contributed by atoms with Crippen LogP contribution in [0.15, 0.2) is 48.5 Å². The van der Waals surface area contributed by atoms with Crippen molar-refractivity contribution in [3.05, 3.63) is 70.5 Å². The minimum atomic E-state index is -0.637. The lowest BCUT2D eigenvalue weighted by Crippen LogP contribution is -2.45. The Morgan fingerprint density at radius 1 is 0.846 bits per heavy atom. The first-order valence-corrected chi connectivity index (χ1v) is 14.8. The van der Waals surface area contributed by atoms with Gasteiger partial charge in [0.25, 0.3) is 0 Å². The Kier molecular flexibility index (Phi) is 15.1. The minimum absolute atomic E-state index is 0. The zero-order valence-electron chi connectivity index (χ0n) is 23.3. The second kappa shape index (κ2) is 17.7. The maximum Gasteiger partial charge on any atom is 0.306 e. The van der Waals surface area contributed by atoms with Crippen LogP contribution >= 0.6 is 24.0 Å². The maximum atomic E-state index is 13.1. The van der Waals surface area contributed by atoms with Gasteiger partial charge in [0, 0.05) is 49.4 Å². The molecular weight excluding hydrogens is 536 g/mol. The van der Waals surface area contributed by atoms with Crippen molar-refractivity contribution in [2.45, 2.75) is 96.0 Å². The lowest BCUT2D eigenvalue weighted by molar-refractivity contribution is -0.167. The number of carbonyl (C=O) groups excluding carboxylic acids is 2. The molecule has 0 spiro atoms. The normalized spacial score (nSPS) is 14.9. The molecule has 0 N–H and O–H groups in total. The van der Waals surface area contributed by atoms with Crippen LogP contribution in [-0.2, 0) is 15.1 Å². The molecular formula is C32H44Cl2FNO3. The van der Waals surface area contributed by atoms with Crippen LogP contribution in [0.4, 0.5) is 4.39 Å². The molecule has 0 aromatic heterocycles. The van der Waals surface area contributed by atoms with Crippen LogP contribution in [-0.4, -0.2) is 36.3 Å². The number of likely N-dealkylation sites (tertiary alicyclic amines) is 1. The SMILES string of the molecule is CCCCCCCCCCC(=O)OC1(c2ccc(Cl)cc2)CCN(CCCC(=O)c2ccc(F)cc2)CC1.Cl. The molecule has 1 saturated heterocycles. The summed E-state index contributed by atoms with van der Waals surface area (Å²) in [7, 11) is 0.